The molecule has 0 saturated carbocycles. The number of methoxy groups -OCH3 is 1. The highest BCUT2D eigenvalue weighted by Crippen LogP contribution is 2.35. The van der Waals surface area contributed by atoms with Crippen molar-refractivity contribution in [1.82, 2.24) is 0 Å². The monoisotopic (exact) mass is 537 g/mol. The second-order valence-corrected chi connectivity index (χ2v) is 11.2. The van der Waals surface area contributed by atoms with E-state index in [2.05, 4.69) is 17.7 Å². The van der Waals surface area contributed by atoms with E-state index in [-0.39, 0.29) is 22.6 Å². The van der Waals surface area contributed by atoms with Crippen LogP contribution in [0.4, 0.5) is 10.1 Å². The number of anilines is 1. The van der Waals surface area contributed by atoms with Crippen LogP contribution < -0.4 is 9.46 Å². The Morgan fingerprint density at radius 1 is 1.11 bits per heavy atom. The summed E-state index contributed by atoms with van der Waals surface area (Å²) in [4.78, 5) is 10.7. The number of carboxylic acid groups (broad SMARTS) is 1. The lowest BCUT2D eigenvalue weighted by molar-refractivity contribution is 0.0696. The maximum atomic E-state index is 15.6. The van der Waals surface area contributed by atoms with Crippen molar-refractivity contribution in [3.8, 4) is 16.9 Å². The minimum Gasteiger partial charge on any atom is -0.495 e. The van der Waals surface area contributed by atoms with Crippen molar-refractivity contribution >= 4 is 27.3 Å². The Balaban J connectivity index is 1.56. The molecule has 8 heteroatoms. The van der Waals surface area contributed by atoms with E-state index in [1.807, 2.05) is 24.3 Å². The molecule has 0 radical (unpaired) electrons. The van der Waals surface area contributed by atoms with Gasteiger partial charge in [0.25, 0.3) is 10.0 Å². The number of nitrogens with one attached hydrogen (secondary N) is 1. The first-order chi connectivity index (χ1) is 18.2. The predicted molar refractivity (Wildman–Crippen MR) is 147 cm³/mol. The van der Waals surface area contributed by atoms with Gasteiger partial charge < -0.3 is 9.84 Å². The summed E-state index contributed by atoms with van der Waals surface area (Å²) in [5, 5.41) is 9.16. The molecule has 0 fully saturated rings. The van der Waals surface area contributed by atoms with Crippen molar-refractivity contribution < 1.29 is 27.4 Å². The molecule has 0 heterocycles. The summed E-state index contributed by atoms with van der Waals surface area (Å²) in [7, 11) is -3.05. The molecule has 200 valence electrons. The van der Waals surface area contributed by atoms with E-state index in [4.69, 9.17) is 9.84 Å². The van der Waals surface area contributed by atoms with Gasteiger partial charge in [0.05, 0.1) is 18.4 Å². The van der Waals surface area contributed by atoms with E-state index in [0.717, 1.165) is 24.3 Å². The van der Waals surface area contributed by atoms with Crippen molar-refractivity contribution in [3.63, 3.8) is 0 Å². The van der Waals surface area contributed by atoms with Gasteiger partial charge in [0, 0.05) is 5.56 Å². The zero-order chi connectivity index (χ0) is 27.3. The fourth-order valence-corrected chi connectivity index (χ4v) is 5.99. The largest absolute Gasteiger partial charge is 0.495 e. The Labute approximate surface area is 223 Å². The molecule has 1 unspecified atom stereocenters. The number of unbranched alkanes of at least 4 members (excludes halogenated alkanes) is 1. The Morgan fingerprint density at radius 2 is 1.84 bits per heavy atom. The normalized spacial score (nSPS) is 15.6. The van der Waals surface area contributed by atoms with Gasteiger partial charge in [-0.2, -0.15) is 0 Å². The number of carboxylic acids is 1. The first-order valence-electron chi connectivity index (χ1n) is 12.8. The summed E-state index contributed by atoms with van der Waals surface area (Å²) in [6.07, 6.45) is 9.36. The minimum absolute atomic E-state index is 0.00402. The average molecular weight is 538 g/mol. The number of halogens is 1. The number of sulfonamides is 1. The highest BCUT2D eigenvalue weighted by molar-refractivity contribution is 7.92. The molecule has 6 nitrogen and oxygen atoms in total. The molecule has 38 heavy (non-hydrogen) atoms. The van der Waals surface area contributed by atoms with Crippen LogP contribution in [0.2, 0.25) is 0 Å². The summed E-state index contributed by atoms with van der Waals surface area (Å²) in [5.74, 6) is -1.29. The van der Waals surface area contributed by atoms with Gasteiger partial charge in [-0.3, -0.25) is 4.72 Å². The number of benzene rings is 3. The molecule has 2 N–H and O–H groups in total. The molecular weight excluding hydrogens is 505 g/mol. The number of hydrogen-bond acceptors (Lipinski definition) is 4. The van der Waals surface area contributed by atoms with Gasteiger partial charge in [-0.25, -0.2) is 17.6 Å². The van der Waals surface area contributed by atoms with Gasteiger partial charge in [-0.15, -0.1) is 0 Å². The lowest BCUT2D eigenvalue weighted by Gasteiger charge is -2.22. The molecule has 1 atom stereocenters. The molecule has 3 aromatic rings. The lowest BCUT2D eigenvalue weighted by Crippen LogP contribution is -2.16. The fourth-order valence-electron chi connectivity index (χ4n) is 4.82. The van der Waals surface area contributed by atoms with Gasteiger partial charge >= 0.3 is 5.97 Å². The zero-order valence-corrected chi connectivity index (χ0v) is 22.4. The Kier molecular flexibility index (Phi) is 8.52. The molecule has 4 rings (SSSR count). The van der Waals surface area contributed by atoms with Crippen molar-refractivity contribution in [2.45, 2.75) is 50.3 Å². The molecule has 0 aliphatic heterocycles. The summed E-state index contributed by atoms with van der Waals surface area (Å²) < 4.78 is 49.3. The number of aromatic carboxylic acids is 1. The Morgan fingerprint density at radius 3 is 2.47 bits per heavy atom. The summed E-state index contributed by atoms with van der Waals surface area (Å²) in [5.41, 5.74) is 3.08. The van der Waals surface area contributed by atoms with E-state index in [9.17, 15) is 13.2 Å². The van der Waals surface area contributed by atoms with Crippen LogP contribution in [-0.4, -0.2) is 26.6 Å². The third-order valence-corrected chi connectivity index (χ3v) is 8.38. The maximum Gasteiger partial charge on any atom is 0.335 e. The third-order valence-electron chi connectivity index (χ3n) is 7.00. The fraction of sp³-hybridized carbons (Fsp3) is 0.300. The molecular formula is C30H32FNO5S. The van der Waals surface area contributed by atoms with Crippen molar-refractivity contribution in [2.75, 3.05) is 11.8 Å². The minimum atomic E-state index is -4.34. The molecule has 3 aromatic carbocycles. The third kappa shape index (κ3) is 6.07. The van der Waals surface area contributed by atoms with Crippen molar-refractivity contribution in [1.29, 1.82) is 0 Å². The Hall–Kier alpha value is -3.65. The molecule has 0 amide bonds. The number of allylic oxidation sites excluding steroid dienone is 2. The first kappa shape index (κ1) is 27.4. The smallest absolute Gasteiger partial charge is 0.335 e. The van der Waals surface area contributed by atoms with Crippen molar-refractivity contribution in [2.24, 2.45) is 5.92 Å². The topological polar surface area (TPSA) is 92.7 Å². The van der Waals surface area contributed by atoms with Crippen molar-refractivity contribution in [3.05, 3.63) is 83.7 Å². The lowest BCUT2D eigenvalue weighted by atomic mass is 9.84. The van der Waals surface area contributed by atoms with Crippen LogP contribution in [0, 0.1) is 11.7 Å². The van der Waals surface area contributed by atoms with Gasteiger partial charge in [0.15, 0.2) is 5.82 Å². The molecule has 0 spiro atoms. The highest BCUT2D eigenvalue weighted by Gasteiger charge is 2.24. The number of carbonyl (C=O) groups is 1. The summed E-state index contributed by atoms with van der Waals surface area (Å²) in [6.45, 7) is 2.22. The highest BCUT2D eigenvalue weighted by atomic mass is 32.2. The second kappa shape index (κ2) is 11.8. The predicted octanol–water partition coefficient (Wildman–Crippen LogP) is 7.37. The van der Waals surface area contributed by atoms with E-state index < -0.39 is 26.7 Å². The van der Waals surface area contributed by atoms with Crippen LogP contribution in [0.25, 0.3) is 16.7 Å². The van der Waals surface area contributed by atoms with Crippen LogP contribution >= 0.6 is 0 Å². The van der Waals surface area contributed by atoms with E-state index in [0.29, 0.717) is 5.56 Å². The molecule has 0 bridgehead atoms. The van der Waals surface area contributed by atoms with Crippen LogP contribution in [0.3, 0.4) is 0 Å². The number of hydrogen-bond donors (Lipinski definition) is 2. The molecule has 0 aromatic heterocycles. The van der Waals surface area contributed by atoms with Crippen LogP contribution in [-0.2, 0) is 10.0 Å². The van der Waals surface area contributed by atoms with Crippen LogP contribution in [0.1, 0.15) is 61.4 Å². The van der Waals surface area contributed by atoms with Gasteiger partial charge in [-0.1, -0.05) is 68.7 Å². The molecule has 0 saturated heterocycles. The first-order valence-corrected chi connectivity index (χ1v) is 14.2. The van der Waals surface area contributed by atoms with Crippen LogP contribution in [0.15, 0.2) is 71.6 Å². The van der Waals surface area contributed by atoms with Crippen LogP contribution in [0.5, 0.6) is 5.75 Å². The molecule has 1 aliphatic rings. The number of rotatable bonds is 10. The second-order valence-electron chi connectivity index (χ2n) is 9.53. The van der Waals surface area contributed by atoms with Gasteiger partial charge in [-0.05, 0) is 66.1 Å². The standard InChI is InChI=1S/C30H32FNO5S/c1-3-4-6-20-9-11-21(12-10-20)22-13-15-23(16-14-22)25-7-5-8-28(29(25)31)38(35,36)32-26-18-17-24(30(33)34)19-27(26)37-2/h5,7-8,11,13-20,32H,3-4,6,9-10,12H2,1-2H3,(H,33,34). The zero-order valence-electron chi connectivity index (χ0n) is 21.5. The SMILES string of the molecule is CCCCC1CC=C(c2ccc(-c3cccc(S(=O)(=O)Nc4ccc(C(=O)O)cc4OC)c3F)cc2)CC1. The van der Waals surface area contributed by atoms with Gasteiger partial charge in [0.2, 0.25) is 0 Å². The molecule has 1 aliphatic carbocycles. The summed E-state index contributed by atoms with van der Waals surface area (Å²) >= 11 is 0. The number of ether oxygens (including phenoxy) is 1. The van der Waals surface area contributed by atoms with Gasteiger partial charge in [0.1, 0.15) is 10.6 Å². The van der Waals surface area contributed by atoms with E-state index in [1.54, 1.807) is 6.07 Å². The Bertz CT molecular complexity index is 1450. The quantitative estimate of drug-likeness (QED) is 0.282. The van der Waals surface area contributed by atoms with E-state index in [1.165, 1.54) is 68.7 Å². The van der Waals surface area contributed by atoms with E-state index >= 15 is 4.39 Å². The average Bonchev–Trinajstić information content (AvgIpc) is 2.92. The maximum absolute atomic E-state index is 15.6. The summed E-state index contributed by atoms with van der Waals surface area (Å²) in [6, 6.07) is 15.5.